The number of amides is 1. The summed E-state index contributed by atoms with van der Waals surface area (Å²) in [5.41, 5.74) is 0. The number of sulfone groups is 1. The molecule has 1 amide bonds. The number of carbonyl (C=O) groups excluding carboxylic acids is 1. The van der Waals surface area contributed by atoms with E-state index in [2.05, 4.69) is 5.32 Å². The molecule has 0 aromatic carbocycles. The van der Waals surface area contributed by atoms with Crippen LogP contribution in [0.1, 0.15) is 26.2 Å². The Morgan fingerprint density at radius 2 is 2.25 bits per heavy atom. The lowest BCUT2D eigenvalue weighted by atomic mass is 10.1. The van der Waals surface area contributed by atoms with Gasteiger partial charge in [0.1, 0.15) is 0 Å². The van der Waals surface area contributed by atoms with E-state index in [4.69, 9.17) is 11.6 Å². The standard InChI is InChI=1S/C10H18ClNO3S/c1-2-9(3-5-11)12-10(13)8-4-6-16(14,15)7-8/h8-9H,2-7H2,1H3,(H,12,13). The van der Waals surface area contributed by atoms with Crippen LogP contribution in [0.2, 0.25) is 0 Å². The minimum atomic E-state index is -2.98. The number of nitrogens with one attached hydrogen (secondary N) is 1. The Labute approximate surface area is 102 Å². The lowest BCUT2D eigenvalue weighted by Crippen LogP contribution is -2.39. The van der Waals surface area contributed by atoms with Crippen LogP contribution < -0.4 is 5.32 Å². The van der Waals surface area contributed by atoms with Crippen molar-refractivity contribution < 1.29 is 13.2 Å². The summed E-state index contributed by atoms with van der Waals surface area (Å²) in [7, 11) is -2.98. The van der Waals surface area contributed by atoms with Crippen molar-refractivity contribution in [2.24, 2.45) is 5.92 Å². The van der Waals surface area contributed by atoms with Crippen molar-refractivity contribution in [2.45, 2.75) is 32.2 Å². The van der Waals surface area contributed by atoms with Gasteiger partial charge >= 0.3 is 0 Å². The lowest BCUT2D eigenvalue weighted by molar-refractivity contribution is -0.125. The predicted molar refractivity (Wildman–Crippen MR) is 64.3 cm³/mol. The van der Waals surface area contributed by atoms with Gasteiger partial charge in [0.05, 0.1) is 17.4 Å². The maximum atomic E-state index is 11.8. The molecule has 0 saturated carbocycles. The van der Waals surface area contributed by atoms with Crippen LogP contribution in [0.4, 0.5) is 0 Å². The third-order valence-electron chi connectivity index (χ3n) is 2.90. The maximum absolute atomic E-state index is 11.8. The summed E-state index contributed by atoms with van der Waals surface area (Å²) in [6, 6.07) is 0.0632. The summed E-state index contributed by atoms with van der Waals surface area (Å²) in [6.07, 6.45) is 1.99. The number of carbonyl (C=O) groups is 1. The molecule has 1 aliphatic heterocycles. The van der Waals surface area contributed by atoms with Gasteiger partial charge in [-0.15, -0.1) is 11.6 Å². The molecule has 94 valence electrons. The fourth-order valence-electron chi connectivity index (χ4n) is 1.83. The molecule has 0 aromatic rings. The third kappa shape index (κ3) is 3.94. The first-order valence-electron chi connectivity index (χ1n) is 5.55. The second-order valence-corrected chi connectivity index (χ2v) is 6.80. The highest BCUT2D eigenvalue weighted by atomic mass is 35.5. The Hall–Kier alpha value is -0.290. The van der Waals surface area contributed by atoms with E-state index in [1.165, 1.54) is 0 Å². The highest BCUT2D eigenvalue weighted by molar-refractivity contribution is 7.91. The van der Waals surface area contributed by atoms with E-state index in [0.717, 1.165) is 12.8 Å². The number of alkyl halides is 1. The Balaban J connectivity index is 2.46. The SMILES string of the molecule is CCC(CCCl)NC(=O)C1CCS(=O)(=O)C1. The molecule has 0 aliphatic carbocycles. The molecule has 1 aliphatic rings. The first-order valence-corrected chi connectivity index (χ1v) is 7.91. The highest BCUT2D eigenvalue weighted by Gasteiger charge is 2.33. The predicted octanol–water partition coefficient (Wildman–Crippen LogP) is 0.945. The molecule has 1 N–H and O–H groups in total. The average Bonchev–Trinajstić information content (AvgIpc) is 2.58. The minimum Gasteiger partial charge on any atom is -0.353 e. The molecule has 2 atom stereocenters. The van der Waals surface area contributed by atoms with Crippen molar-refractivity contribution in [3.8, 4) is 0 Å². The molecule has 0 radical (unpaired) electrons. The largest absolute Gasteiger partial charge is 0.353 e. The molecule has 1 saturated heterocycles. The van der Waals surface area contributed by atoms with Gasteiger partial charge in [-0.25, -0.2) is 8.42 Å². The summed E-state index contributed by atoms with van der Waals surface area (Å²) in [6.45, 7) is 1.98. The molecule has 6 heteroatoms. The van der Waals surface area contributed by atoms with Crippen molar-refractivity contribution in [1.29, 1.82) is 0 Å². The quantitative estimate of drug-likeness (QED) is 0.755. The van der Waals surface area contributed by atoms with E-state index in [-0.39, 0.29) is 29.4 Å². The van der Waals surface area contributed by atoms with Gasteiger partial charge in [0.2, 0.25) is 5.91 Å². The van der Waals surface area contributed by atoms with Gasteiger partial charge in [-0.05, 0) is 19.3 Å². The molecule has 4 nitrogen and oxygen atoms in total. The van der Waals surface area contributed by atoms with Crippen LogP contribution in [0.25, 0.3) is 0 Å². The fraction of sp³-hybridized carbons (Fsp3) is 0.900. The zero-order valence-corrected chi connectivity index (χ0v) is 11.0. The van der Waals surface area contributed by atoms with Crippen molar-refractivity contribution in [3.63, 3.8) is 0 Å². The topological polar surface area (TPSA) is 63.2 Å². The summed E-state index contributed by atoms with van der Waals surface area (Å²) in [5, 5.41) is 2.86. The molecular formula is C10H18ClNO3S. The van der Waals surface area contributed by atoms with Crippen molar-refractivity contribution in [3.05, 3.63) is 0 Å². The molecule has 0 aromatic heterocycles. The van der Waals surface area contributed by atoms with Crippen LogP contribution in [0.5, 0.6) is 0 Å². The van der Waals surface area contributed by atoms with Gasteiger partial charge in [0.25, 0.3) is 0 Å². The highest BCUT2D eigenvalue weighted by Crippen LogP contribution is 2.18. The Kier molecular flexibility index (Phi) is 5.05. The first kappa shape index (κ1) is 13.8. The smallest absolute Gasteiger partial charge is 0.224 e. The molecule has 1 rings (SSSR count). The number of hydrogen-bond acceptors (Lipinski definition) is 3. The van der Waals surface area contributed by atoms with Gasteiger partial charge in [-0.2, -0.15) is 0 Å². The van der Waals surface area contributed by atoms with Gasteiger partial charge < -0.3 is 5.32 Å². The normalized spacial score (nSPS) is 25.2. The van der Waals surface area contributed by atoms with Crippen LogP contribution >= 0.6 is 11.6 Å². The zero-order chi connectivity index (χ0) is 12.2. The van der Waals surface area contributed by atoms with Crippen LogP contribution in [0.15, 0.2) is 0 Å². The Bertz CT molecular complexity index is 342. The number of halogens is 1. The molecular weight excluding hydrogens is 250 g/mol. The van der Waals surface area contributed by atoms with Crippen LogP contribution in [-0.4, -0.2) is 37.8 Å². The zero-order valence-electron chi connectivity index (χ0n) is 9.41. The molecule has 1 heterocycles. The number of rotatable bonds is 5. The molecule has 0 spiro atoms. The second kappa shape index (κ2) is 5.87. The van der Waals surface area contributed by atoms with Gasteiger partial charge in [-0.1, -0.05) is 6.92 Å². The first-order chi connectivity index (χ1) is 7.48. The van der Waals surface area contributed by atoms with Crippen molar-refractivity contribution >= 4 is 27.3 Å². The van der Waals surface area contributed by atoms with Crippen LogP contribution in [-0.2, 0) is 14.6 Å². The average molecular weight is 268 g/mol. The minimum absolute atomic E-state index is 0.00383. The Morgan fingerprint density at radius 1 is 1.56 bits per heavy atom. The van der Waals surface area contributed by atoms with E-state index in [1.54, 1.807) is 0 Å². The van der Waals surface area contributed by atoms with Crippen molar-refractivity contribution in [1.82, 2.24) is 5.32 Å². The van der Waals surface area contributed by atoms with Gasteiger partial charge in [0, 0.05) is 11.9 Å². The lowest BCUT2D eigenvalue weighted by Gasteiger charge is -2.17. The Morgan fingerprint density at radius 3 is 2.69 bits per heavy atom. The van der Waals surface area contributed by atoms with Gasteiger partial charge in [0.15, 0.2) is 9.84 Å². The maximum Gasteiger partial charge on any atom is 0.224 e. The van der Waals surface area contributed by atoms with E-state index in [1.807, 2.05) is 6.92 Å². The van der Waals surface area contributed by atoms with E-state index in [9.17, 15) is 13.2 Å². The summed E-state index contributed by atoms with van der Waals surface area (Å²) < 4.78 is 22.5. The van der Waals surface area contributed by atoms with Crippen LogP contribution in [0, 0.1) is 5.92 Å². The van der Waals surface area contributed by atoms with E-state index < -0.39 is 9.84 Å². The summed E-state index contributed by atoms with van der Waals surface area (Å²) >= 11 is 5.62. The monoisotopic (exact) mass is 267 g/mol. The van der Waals surface area contributed by atoms with E-state index in [0.29, 0.717) is 12.3 Å². The summed E-state index contributed by atoms with van der Waals surface area (Å²) in [5.74, 6) is 0.127. The van der Waals surface area contributed by atoms with Crippen LogP contribution in [0.3, 0.4) is 0 Å². The van der Waals surface area contributed by atoms with Gasteiger partial charge in [-0.3, -0.25) is 4.79 Å². The second-order valence-electron chi connectivity index (χ2n) is 4.19. The number of hydrogen-bond donors (Lipinski definition) is 1. The molecule has 16 heavy (non-hydrogen) atoms. The van der Waals surface area contributed by atoms with Crippen molar-refractivity contribution in [2.75, 3.05) is 17.4 Å². The summed E-state index contributed by atoms with van der Waals surface area (Å²) in [4.78, 5) is 11.8. The van der Waals surface area contributed by atoms with E-state index >= 15 is 0 Å². The molecule has 0 bridgehead atoms. The fourth-order valence-corrected chi connectivity index (χ4v) is 3.84. The third-order valence-corrected chi connectivity index (χ3v) is 4.89. The molecule has 2 unspecified atom stereocenters. The molecule has 1 fully saturated rings.